The van der Waals surface area contributed by atoms with Crippen molar-refractivity contribution in [3.8, 4) is 0 Å². The minimum absolute atomic E-state index is 0.0633. The molecule has 0 aromatic rings. The molecule has 0 amide bonds. The van der Waals surface area contributed by atoms with Gasteiger partial charge in [0.05, 0.1) is 13.2 Å². The first-order valence-corrected chi connectivity index (χ1v) is 9.55. The van der Waals surface area contributed by atoms with E-state index in [-0.39, 0.29) is 13.2 Å². The van der Waals surface area contributed by atoms with E-state index in [0.717, 1.165) is 19.3 Å². The second kappa shape index (κ2) is 13.8. The fourth-order valence-corrected chi connectivity index (χ4v) is 2.83. The molecule has 0 aliphatic carbocycles. The third-order valence-electron chi connectivity index (χ3n) is 4.41. The van der Waals surface area contributed by atoms with Gasteiger partial charge in [-0.1, -0.05) is 44.8 Å². The zero-order valence-electron chi connectivity index (χ0n) is 15.1. The lowest BCUT2D eigenvalue weighted by Gasteiger charge is -2.20. The van der Waals surface area contributed by atoms with Crippen LogP contribution in [-0.2, 0) is 9.47 Å². The number of hydrogen-bond donors (Lipinski definition) is 3. The standard InChI is InChI=1S/C19H36O5/c1-2-3-4-5-6-7-8-9-10-11-12-13-23-14-17(21)19-18(22)16(20)15-24-19/h8-9,16-22H,2-7,10-15H2,1H3/b9-8+/t16-,17+,18-,19-/m1/s1. The van der Waals surface area contributed by atoms with E-state index in [0.29, 0.717) is 6.61 Å². The summed E-state index contributed by atoms with van der Waals surface area (Å²) >= 11 is 0. The van der Waals surface area contributed by atoms with Gasteiger partial charge >= 0.3 is 0 Å². The first-order valence-electron chi connectivity index (χ1n) is 9.55. The summed E-state index contributed by atoms with van der Waals surface area (Å²) < 4.78 is 10.6. The van der Waals surface area contributed by atoms with Crippen molar-refractivity contribution < 1.29 is 24.8 Å². The lowest BCUT2D eigenvalue weighted by atomic mass is 10.1. The third-order valence-corrected chi connectivity index (χ3v) is 4.41. The van der Waals surface area contributed by atoms with E-state index in [1.807, 2.05) is 0 Å². The molecule has 1 aliphatic heterocycles. The number of aliphatic hydroxyl groups is 3. The topological polar surface area (TPSA) is 79.2 Å². The SMILES string of the molecule is CCCCCCC/C=C/CCCCOC[C@H](O)[C@H]1OC[C@@H](O)[C@H]1O. The largest absolute Gasteiger partial charge is 0.388 e. The first-order chi connectivity index (χ1) is 11.7. The van der Waals surface area contributed by atoms with Crippen LogP contribution in [0.4, 0.5) is 0 Å². The predicted octanol–water partition coefficient (Wildman–Crippen LogP) is 2.57. The molecule has 0 saturated carbocycles. The van der Waals surface area contributed by atoms with Crippen LogP contribution in [0.5, 0.6) is 0 Å². The molecule has 24 heavy (non-hydrogen) atoms. The molecule has 5 nitrogen and oxygen atoms in total. The highest BCUT2D eigenvalue weighted by Gasteiger charge is 2.39. The number of ether oxygens (including phenoxy) is 2. The van der Waals surface area contributed by atoms with Gasteiger partial charge in [0.2, 0.25) is 0 Å². The van der Waals surface area contributed by atoms with Gasteiger partial charge in [0, 0.05) is 6.61 Å². The maximum absolute atomic E-state index is 9.88. The lowest BCUT2D eigenvalue weighted by Crippen LogP contribution is -2.40. The lowest BCUT2D eigenvalue weighted by molar-refractivity contribution is -0.0813. The summed E-state index contributed by atoms with van der Waals surface area (Å²) in [5, 5.41) is 28.9. The number of rotatable bonds is 14. The number of aliphatic hydroxyl groups excluding tert-OH is 3. The monoisotopic (exact) mass is 344 g/mol. The Morgan fingerprint density at radius 3 is 2.33 bits per heavy atom. The van der Waals surface area contributed by atoms with E-state index in [1.165, 1.54) is 38.5 Å². The van der Waals surface area contributed by atoms with Crippen molar-refractivity contribution in [3.05, 3.63) is 12.2 Å². The molecule has 0 bridgehead atoms. The van der Waals surface area contributed by atoms with Crippen molar-refractivity contribution in [3.63, 3.8) is 0 Å². The van der Waals surface area contributed by atoms with E-state index in [4.69, 9.17) is 9.47 Å². The molecule has 0 aromatic heterocycles. The number of allylic oxidation sites excluding steroid dienone is 2. The van der Waals surface area contributed by atoms with Crippen LogP contribution in [0.25, 0.3) is 0 Å². The zero-order valence-corrected chi connectivity index (χ0v) is 15.1. The van der Waals surface area contributed by atoms with Crippen LogP contribution in [0.3, 0.4) is 0 Å². The van der Waals surface area contributed by atoms with Crippen molar-refractivity contribution in [1.82, 2.24) is 0 Å². The summed E-state index contributed by atoms with van der Waals surface area (Å²) in [4.78, 5) is 0. The molecule has 1 heterocycles. The molecule has 0 unspecified atom stereocenters. The molecule has 3 N–H and O–H groups in total. The van der Waals surface area contributed by atoms with Crippen molar-refractivity contribution in [2.75, 3.05) is 19.8 Å². The summed E-state index contributed by atoms with van der Waals surface area (Å²) in [6.45, 7) is 3.02. The van der Waals surface area contributed by atoms with Crippen LogP contribution in [0.2, 0.25) is 0 Å². The highest BCUT2D eigenvalue weighted by molar-refractivity contribution is 4.87. The Morgan fingerprint density at radius 2 is 1.71 bits per heavy atom. The minimum atomic E-state index is -1.03. The zero-order chi connectivity index (χ0) is 17.6. The van der Waals surface area contributed by atoms with Crippen molar-refractivity contribution in [2.24, 2.45) is 0 Å². The van der Waals surface area contributed by atoms with Crippen molar-refractivity contribution in [2.45, 2.75) is 89.1 Å². The fourth-order valence-electron chi connectivity index (χ4n) is 2.83. The van der Waals surface area contributed by atoms with Crippen molar-refractivity contribution in [1.29, 1.82) is 0 Å². The van der Waals surface area contributed by atoms with Gasteiger partial charge in [0.15, 0.2) is 0 Å². The van der Waals surface area contributed by atoms with E-state index >= 15 is 0 Å². The van der Waals surface area contributed by atoms with Crippen LogP contribution in [0.1, 0.15) is 64.7 Å². The van der Waals surface area contributed by atoms with Crippen LogP contribution >= 0.6 is 0 Å². The van der Waals surface area contributed by atoms with Crippen LogP contribution < -0.4 is 0 Å². The number of unbranched alkanes of at least 4 members (excludes halogenated alkanes) is 7. The quantitative estimate of drug-likeness (QED) is 0.333. The summed E-state index contributed by atoms with van der Waals surface area (Å²) in [5.41, 5.74) is 0. The van der Waals surface area contributed by atoms with Gasteiger partial charge in [-0.05, 0) is 32.1 Å². The average Bonchev–Trinajstić information content (AvgIpc) is 2.91. The average molecular weight is 344 g/mol. The molecule has 0 aromatic carbocycles. The van der Waals surface area contributed by atoms with Gasteiger partial charge in [-0.3, -0.25) is 0 Å². The van der Waals surface area contributed by atoms with E-state index in [9.17, 15) is 15.3 Å². The second-order valence-electron chi connectivity index (χ2n) is 6.67. The summed E-state index contributed by atoms with van der Waals surface area (Å²) in [6, 6.07) is 0. The highest BCUT2D eigenvalue weighted by atomic mass is 16.5. The van der Waals surface area contributed by atoms with Gasteiger partial charge in [-0.2, -0.15) is 0 Å². The van der Waals surface area contributed by atoms with Gasteiger partial charge in [0.25, 0.3) is 0 Å². The summed E-state index contributed by atoms with van der Waals surface area (Å²) in [5.74, 6) is 0. The molecule has 142 valence electrons. The van der Waals surface area contributed by atoms with Gasteiger partial charge in [-0.15, -0.1) is 0 Å². The Balaban J connectivity index is 1.88. The molecule has 4 atom stereocenters. The predicted molar refractivity (Wildman–Crippen MR) is 94.9 cm³/mol. The Hall–Kier alpha value is -0.460. The van der Waals surface area contributed by atoms with Crippen LogP contribution in [-0.4, -0.2) is 59.6 Å². The Labute approximate surface area is 146 Å². The number of hydrogen-bond acceptors (Lipinski definition) is 5. The molecule has 0 radical (unpaired) electrons. The minimum Gasteiger partial charge on any atom is -0.388 e. The maximum atomic E-state index is 9.88. The Morgan fingerprint density at radius 1 is 1.04 bits per heavy atom. The van der Waals surface area contributed by atoms with E-state index in [2.05, 4.69) is 19.1 Å². The van der Waals surface area contributed by atoms with Crippen molar-refractivity contribution >= 4 is 0 Å². The van der Waals surface area contributed by atoms with E-state index < -0.39 is 24.4 Å². The Kier molecular flexibility index (Phi) is 12.4. The molecular formula is C19H36O5. The molecule has 1 fully saturated rings. The van der Waals surface area contributed by atoms with Gasteiger partial charge in [-0.25, -0.2) is 0 Å². The molecule has 1 aliphatic rings. The molecule has 5 heteroatoms. The molecule has 1 rings (SSSR count). The summed E-state index contributed by atoms with van der Waals surface area (Å²) in [6.07, 6.45) is 11.8. The first kappa shape index (κ1) is 21.6. The molecule has 0 spiro atoms. The van der Waals surface area contributed by atoms with E-state index in [1.54, 1.807) is 0 Å². The van der Waals surface area contributed by atoms with Gasteiger partial charge in [0.1, 0.15) is 24.4 Å². The summed E-state index contributed by atoms with van der Waals surface area (Å²) in [7, 11) is 0. The van der Waals surface area contributed by atoms with Gasteiger partial charge < -0.3 is 24.8 Å². The normalized spacial score (nSPS) is 25.6. The van der Waals surface area contributed by atoms with Crippen LogP contribution in [0.15, 0.2) is 12.2 Å². The Bertz CT molecular complexity index is 321. The molecular weight excluding hydrogens is 308 g/mol. The van der Waals surface area contributed by atoms with Crippen LogP contribution in [0, 0.1) is 0 Å². The highest BCUT2D eigenvalue weighted by Crippen LogP contribution is 2.17. The third kappa shape index (κ3) is 9.14. The molecule has 1 saturated heterocycles. The second-order valence-corrected chi connectivity index (χ2v) is 6.67. The fraction of sp³-hybridized carbons (Fsp3) is 0.895. The smallest absolute Gasteiger partial charge is 0.114 e. The maximum Gasteiger partial charge on any atom is 0.114 e.